The summed E-state index contributed by atoms with van der Waals surface area (Å²) in [5.41, 5.74) is 6.14. The minimum atomic E-state index is -3.79. The number of hydrogen-bond donors (Lipinski definition) is 3. The number of aromatic nitrogens is 4. The molecule has 2 rings (SSSR count). The van der Waals surface area contributed by atoms with Crippen molar-refractivity contribution in [1.82, 2.24) is 20.2 Å². The van der Waals surface area contributed by atoms with Gasteiger partial charge in [-0.1, -0.05) is 0 Å². The lowest BCUT2D eigenvalue weighted by molar-refractivity contribution is 0.599. The second kappa shape index (κ2) is 4.70. The number of hydrogen-bond acceptors (Lipinski definition) is 6. The van der Waals surface area contributed by atoms with Gasteiger partial charge < -0.3 is 5.73 Å². The van der Waals surface area contributed by atoms with Gasteiger partial charge in [0.2, 0.25) is 5.95 Å². The van der Waals surface area contributed by atoms with E-state index in [4.69, 9.17) is 5.73 Å². The monoisotopic (exact) mass is 268 g/mol. The van der Waals surface area contributed by atoms with E-state index in [-0.39, 0.29) is 23.1 Å². The molecule has 0 unspecified atom stereocenters. The quantitative estimate of drug-likeness (QED) is 0.702. The number of nitrogens with one attached hydrogen (secondary N) is 2. The molecule has 0 amide bonds. The Kier molecular flexibility index (Phi) is 3.26. The normalized spacial score (nSPS) is 11.4. The molecule has 2 aromatic rings. The third kappa shape index (κ3) is 2.31. The second-order valence-electron chi connectivity index (χ2n) is 3.51. The van der Waals surface area contributed by atoms with Crippen molar-refractivity contribution in [2.75, 3.05) is 4.72 Å². The zero-order valence-corrected chi connectivity index (χ0v) is 10.4. The number of H-pyrrole nitrogens is 1. The summed E-state index contributed by atoms with van der Waals surface area (Å²) < 4.78 is 26.6. The van der Waals surface area contributed by atoms with E-state index in [9.17, 15) is 8.42 Å². The van der Waals surface area contributed by atoms with Gasteiger partial charge in [-0.05, 0) is 13.0 Å². The summed E-state index contributed by atoms with van der Waals surface area (Å²) in [4.78, 5) is 7.63. The van der Waals surface area contributed by atoms with E-state index in [1.807, 2.05) is 0 Å². The van der Waals surface area contributed by atoms with E-state index in [2.05, 4.69) is 24.9 Å². The summed E-state index contributed by atoms with van der Waals surface area (Å²) in [6.07, 6.45) is 2.88. The van der Waals surface area contributed by atoms with Crippen LogP contribution in [0.2, 0.25) is 0 Å². The smallest absolute Gasteiger partial charge is 0.267 e. The van der Waals surface area contributed by atoms with Crippen LogP contribution in [0.3, 0.4) is 0 Å². The van der Waals surface area contributed by atoms with Gasteiger partial charge in [-0.25, -0.2) is 23.1 Å². The zero-order chi connectivity index (χ0) is 13.2. The fraction of sp³-hybridized carbons (Fsp3) is 0.222. The van der Waals surface area contributed by atoms with Crippen LogP contribution in [-0.2, 0) is 16.6 Å². The van der Waals surface area contributed by atoms with Crippen molar-refractivity contribution >= 4 is 16.0 Å². The third-order valence-electron chi connectivity index (χ3n) is 2.21. The van der Waals surface area contributed by atoms with Crippen LogP contribution in [0.4, 0.5) is 5.95 Å². The van der Waals surface area contributed by atoms with Crippen molar-refractivity contribution in [3.8, 4) is 0 Å². The number of rotatable bonds is 4. The van der Waals surface area contributed by atoms with Crippen LogP contribution in [-0.4, -0.2) is 28.6 Å². The van der Waals surface area contributed by atoms with Gasteiger partial charge in [-0.3, -0.25) is 5.10 Å². The summed E-state index contributed by atoms with van der Waals surface area (Å²) in [7, 11) is -3.79. The van der Waals surface area contributed by atoms with Gasteiger partial charge >= 0.3 is 0 Å². The molecule has 0 spiro atoms. The molecule has 4 N–H and O–H groups in total. The van der Waals surface area contributed by atoms with Crippen LogP contribution < -0.4 is 10.5 Å². The summed E-state index contributed by atoms with van der Waals surface area (Å²) in [6.45, 7) is 1.63. The number of aryl methyl sites for hydroxylation is 1. The maximum absolute atomic E-state index is 12.2. The highest BCUT2D eigenvalue weighted by molar-refractivity contribution is 7.92. The second-order valence-corrected chi connectivity index (χ2v) is 5.13. The molecule has 8 nitrogen and oxygen atoms in total. The minimum Gasteiger partial charge on any atom is -0.325 e. The van der Waals surface area contributed by atoms with E-state index in [1.165, 1.54) is 12.4 Å². The Labute approximate surface area is 104 Å². The lowest BCUT2D eigenvalue weighted by Crippen LogP contribution is -2.17. The lowest BCUT2D eigenvalue weighted by Gasteiger charge is -2.06. The van der Waals surface area contributed by atoms with Crippen molar-refractivity contribution in [2.24, 2.45) is 5.73 Å². The Bertz CT molecular complexity index is 636. The van der Waals surface area contributed by atoms with Crippen molar-refractivity contribution < 1.29 is 8.42 Å². The molecule has 0 fully saturated rings. The Balaban J connectivity index is 2.40. The van der Waals surface area contributed by atoms with Crippen molar-refractivity contribution in [2.45, 2.75) is 18.4 Å². The van der Waals surface area contributed by atoms with Crippen LogP contribution in [0, 0.1) is 6.92 Å². The molecule has 0 saturated heterocycles. The van der Waals surface area contributed by atoms with Crippen LogP contribution in [0.25, 0.3) is 0 Å². The number of sulfonamides is 1. The van der Waals surface area contributed by atoms with Gasteiger partial charge in [0.05, 0.1) is 11.4 Å². The molecule has 96 valence electrons. The molecule has 0 aliphatic rings. The number of aromatic amines is 1. The Hall–Kier alpha value is -2.00. The fourth-order valence-corrected chi connectivity index (χ4v) is 2.82. The van der Waals surface area contributed by atoms with Crippen molar-refractivity contribution in [3.05, 3.63) is 29.8 Å². The van der Waals surface area contributed by atoms with E-state index in [0.717, 1.165) is 0 Å². The molecule has 0 aromatic carbocycles. The zero-order valence-electron chi connectivity index (χ0n) is 9.58. The predicted molar refractivity (Wildman–Crippen MR) is 64.1 cm³/mol. The average Bonchev–Trinajstić information content (AvgIpc) is 2.72. The Morgan fingerprint density at radius 2 is 2.06 bits per heavy atom. The average molecular weight is 268 g/mol. The van der Waals surface area contributed by atoms with Gasteiger partial charge in [0, 0.05) is 18.9 Å². The molecule has 18 heavy (non-hydrogen) atoms. The largest absolute Gasteiger partial charge is 0.325 e. The van der Waals surface area contributed by atoms with Gasteiger partial charge in [0.25, 0.3) is 10.0 Å². The molecule has 0 aliphatic carbocycles. The summed E-state index contributed by atoms with van der Waals surface area (Å²) in [6, 6.07) is 1.59. The summed E-state index contributed by atoms with van der Waals surface area (Å²) in [5.74, 6) is 0.000992. The maximum atomic E-state index is 12.2. The minimum absolute atomic E-state index is 0.000992. The lowest BCUT2D eigenvalue weighted by atomic mass is 10.4. The predicted octanol–water partition coefficient (Wildman–Crippen LogP) is -0.232. The number of nitrogens with zero attached hydrogens (tertiary/aromatic N) is 3. The molecule has 2 aromatic heterocycles. The SMILES string of the molecule is Cc1[nH]nc(CN)c1S(=O)(=O)Nc1ncccn1. The molecule has 0 radical (unpaired) electrons. The highest BCUT2D eigenvalue weighted by Gasteiger charge is 2.24. The highest BCUT2D eigenvalue weighted by Crippen LogP contribution is 2.19. The molecule has 0 atom stereocenters. The Morgan fingerprint density at radius 3 is 2.67 bits per heavy atom. The van der Waals surface area contributed by atoms with Gasteiger partial charge in [-0.2, -0.15) is 5.10 Å². The van der Waals surface area contributed by atoms with Gasteiger partial charge in [0.1, 0.15) is 4.90 Å². The van der Waals surface area contributed by atoms with Crippen LogP contribution in [0.1, 0.15) is 11.4 Å². The molecule has 0 aliphatic heterocycles. The first kappa shape index (κ1) is 12.5. The fourth-order valence-electron chi connectivity index (χ4n) is 1.49. The van der Waals surface area contributed by atoms with Crippen LogP contribution >= 0.6 is 0 Å². The van der Waals surface area contributed by atoms with Crippen LogP contribution in [0.15, 0.2) is 23.4 Å². The summed E-state index contributed by atoms with van der Waals surface area (Å²) >= 11 is 0. The molecule has 9 heteroatoms. The van der Waals surface area contributed by atoms with Gasteiger partial charge in [0.15, 0.2) is 0 Å². The topological polar surface area (TPSA) is 127 Å². The first-order valence-corrected chi connectivity index (χ1v) is 6.56. The molecule has 0 bridgehead atoms. The van der Waals surface area contributed by atoms with E-state index < -0.39 is 10.0 Å². The van der Waals surface area contributed by atoms with E-state index in [0.29, 0.717) is 5.69 Å². The van der Waals surface area contributed by atoms with Gasteiger partial charge in [-0.15, -0.1) is 0 Å². The third-order valence-corrected chi connectivity index (χ3v) is 3.75. The highest BCUT2D eigenvalue weighted by atomic mass is 32.2. The van der Waals surface area contributed by atoms with E-state index >= 15 is 0 Å². The standard InChI is InChI=1S/C9H12N6O2S/c1-6-8(7(5-10)14-13-6)18(16,17)15-9-11-3-2-4-12-9/h2-4H,5,10H2,1H3,(H,13,14)(H,11,12,15). The number of nitrogens with two attached hydrogens (primary N) is 1. The van der Waals surface area contributed by atoms with E-state index in [1.54, 1.807) is 13.0 Å². The van der Waals surface area contributed by atoms with Crippen molar-refractivity contribution in [3.63, 3.8) is 0 Å². The molecule has 2 heterocycles. The summed E-state index contributed by atoms with van der Waals surface area (Å²) in [5, 5.41) is 6.42. The van der Waals surface area contributed by atoms with Crippen LogP contribution in [0.5, 0.6) is 0 Å². The molecule has 0 saturated carbocycles. The molecular weight excluding hydrogens is 256 g/mol. The van der Waals surface area contributed by atoms with Crippen molar-refractivity contribution in [1.29, 1.82) is 0 Å². The number of anilines is 1. The Morgan fingerprint density at radius 1 is 1.39 bits per heavy atom. The molecular formula is C9H12N6O2S. The first-order chi connectivity index (χ1) is 8.54. The first-order valence-electron chi connectivity index (χ1n) is 5.08. The maximum Gasteiger partial charge on any atom is 0.267 e.